The van der Waals surface area contributed by atoms with E-state index in [0.717, 1.165) is 0 Å². The van der Waals surface area contributed by atoms with E-state index in [9.17, 15) is 9.59 Å². The van der Waals surface area contributed by atoms with Gasteiger partial charge in [-0.05, 0) is 24.3 Å². The van der Waals surface area contributed by atoms with Crippen molar-refractivity contribution in [3.63, 3.8) is 0 Å². The minimum Gasteiger partial charge on any atom is -0.324 e. The van der Waals surface area contributed by atoms with Crippen molar-refractivity contribution in [1.29, 1.82) is 0 Å². The van der Waals surface area contributed by atoms with Crippen LogP contribution in [0.5, 0.6) is 0 Å². The first-order valence-corrected chi connectivity index (χ1v) is 10.3. The van der Waals surface area contributed by atoms with Gasteiger partial charge >= 0.3 is 0 Å². The van der Waals surface area contributed by atoms with Crippen LogP contribution in [-0.2, 0) is 23.1 Å². The fourth-order valence-electron chi connectivity index (χ4n) is 2.40. The van der Waals surface area contributed by atoms with Crippen LogP contribution >= 0.6 is 35.0 Å². The Morgan fingerprint density at radius 3 is 2.07 bits per heavy atom. The summed E-state index contributed by atoms with van der Waals surface area (Å²) >= 11 is 13.3. The fourth-order valence-corrected chi connectivity index (χ4v) is 3.50. The van der Waals surface area contributed by atoms with Crippen LogP contribution in [0.2, 0.25) is 10.0 Å². The lowest BCUT2D eigenvalue weighted by Crippen LogP contribution is -2.17. The summed E-state index contributed by atoms with van der Waals surface area (Å²) in [6, 6.07) is 14.0. The van der Waals surface area contributed by atoms with Gasteiger partial charge in [0.05, 0.1) is 33.6 Å². The van der Waals surface area contributed by atoms with Crippen molar-refractivity contribution < 1.29 is 9.59 Å². The fraction of sp³-hybridized carbons (Fsp3) is 0.158. The Kier molecular flexibility index (Phi) is 7.13. The zero-order valence-corrected chi connectivity index (χ0v) is 17.7. The van der Waals surface area contributed by atoms with E-state index in [2.05, 4.69) is 20.8 Å². The molecule has 2 amide bonds. The van der Waals surface area contributed by atoms with Gasteiger partial charge in [0.2, 0.25) is 11.8 Å². The number of amides is 2. The molecule has 0 saturated carbocycles. The highest BCUT2D eigenvalue weighted by atomic mass is 35.5. The molecule has 0 aliphatic heterocycles. The Labute approximate surface area is 181 Å². The number of carbonyl (C=O) groups is 2. The molecule has 0 unspecified atom stereocenters. The third-order valence-corrected chi connectivity index (χ3v) is 5.55. The summed E-state index contributed by atoms with van der Waals surface area (Å²) in [5.74, 6) is 0.123. The van der Waals surface area contributed by atoms with Crippen molar-refractivity contribution in [1.82, 2.24) is 14.8 Å². The number of hydrogen-bond donors (Lipinski definition) is 2. The molecule has 29 heavy (non-hydrogen) atoms. The summed E-state index contributed by atoms with van der Waals surface area (Å²) in [6.45, 7) is 0. The maximum atomic E-state index is 12.3. The number of carbonyl (C=O) groups excluding carboxylic acids is 2. The predicted molar refractivity (Wildman–Crippen MR) is 116 cm³/mol. The first-order chi connectivity index (χ1) is 13.9. The summed E-state index contributed by atoms with van der Waals surface area (Å²) in [4.78, 5) is 24.4. The number of anilines is 2. The smallest absolute Gasteiger partial charge is 0.234 e. The van der Waals surface area contributed by atoms with E-state index in [4.69, 9.17) is 23.2 Å². The van der Waals surface area contributed by atoms with Crippen LogP contribution in [0.4, 0.5) is 11.4 Å². The third-order valence-electron chi connectivity index (χ3n) is 3.87. The van der Waals surface area contributed by atoms with Gasteiger partial charge in [-0.25, -0.2) is 0 Å². The Morgan fingerprint density at radius 2 is 1.48 bits per heavy atom. The molecule has 2 N–H and O–H groups in total. The third kappa shape index (κ3) is 5.72. The van der Waals surface area contributed by atoms with Crippen molar-refractivity contribution in [2.45, 2.75) is 11.6 Å². The predicted octanol–water partition coefficient (Wildman–Crippen LogP) is 4.03. The molecule has 3 rings (SSSR count). The number of hydrogen-bond acceptors (Lipinski definition) is 5. The Hall–Kier alpha value is -2.55. The average Bonchev–Trinajstić information content (AvgIpc) is 3.03. The van der Waals surface area contributed by atoms with E-state index < -0.39 is 0 Å². The van der Waals surface area contributed by atoms with Crippen LogP contribution in [-0.4, -0.2) is 32.3 Å². The van der Waals surface area contributed by atoms with E-state index in [0.29, 0.717) is 32.4 Å². The first-order valence-electron chi connectivity index (χ1n) is 8.54. The minimum atomic E-state index is -0.262. The van der Waals surface area contributed by atoms with Gasteiger partial charge in [0.1, 0.15) is 5.82 Å². The lowest BCUT2D eigenvalue weighted by atomic mass is 10.3. The molecular weight excluding hydrogens is 433 g/mol. The molecule has 1 aromatic heterocycles. The summed E-state index contributed by atoms with van der Waals surface area (Å²) in [6.07, 6.45) is 0.0289. The number of halogens is 2. The zero-order chi connectivity index (χ0) is 20.8. The topological polar surface area (TPSA) is 88.9 Å². The van der Waals surface area contributed by atoms with Gasteiger partial charge in [0.25, 0.3) is 0 Å². The largest absolute Gasteiger partial charge is 0.324 e. The average molecular weight is 450 g/mol. The Balaban J connectivity index is 1.55. The van der Waals surface area contributed by atoms with Crippen molar-refractivity contribution in [2.24, 2.45) is 7.05 Å². The SMILES string of the molecule is Cn1c(CC(=O)Nc2ccccc2Cl)nnc1SCC(=O)Nc1ccccc1Cl. The number of benzene rings is 2. The van der Waals surface area contributed by atoms with E-state index in [1.807, 2.05) is 0 Å². The van der Waals surface area contributed by atoms with Crippen LogP contribution in [0.1, 0.15) is 5.82 Å². The number of rotatable bonds is 7. The lowest BCUT2D eigenvalue weighted by Gasteiger charge is -2.08. The Morgan fingerprint density at radius 1 is 0.931 bits per heavy atom. The van der Waals surface area contributed by atoms with Gasteiger partial charge < -0.3 is 15.2 Å². The molecule has 0 fully saturated rings. The van der Waals surface area contributed by atoms with Crippen molar-refractivity contribution >= 4 is 58.2 Å². The van der Waals surface area contributed by atoms with Crippen LogP contribution in [0, 0.1) is 0 Å². The standard InChI is InChI=1S/C19H17Cl2N5O2S/c1-26-16(10-17(27)22-14-8-4-2-6-12(14)20)24-25-19(26)29-11-18(28)23-15-9-5-3-7-13(15)21/h2-9H,10-11H2,1H3,(H,22,27)(H,23,28). The number of para-hydroxylation sites is 2. The first kappa shape index (κ1) is 21.2. The maximum absolute atomic E-state index is 12.3. The minimum absolute atomic E-state index is 0.0289. The summed E-state index contributed by atoms with van der Waals surface area (Å²) in [7, 11) is 1.74. The molecule has 0 saturated heterocycles. The Bertz CT molecular complexity index is 1040. The summed E-state index contributed by atoms with van der Waals surface area (Å²) < 4.78 is 1.68. The highest BCUT2D eigenvalue weighted by Gasteiger charge is 2.15. The van der Waals surface area contributed by atoms with Crippen LogP contribution < -0.4 is 10.6 Å². The normalized spacial score (nSPS) is 10.6. The van der Waals surface area contributed by atoms with Crippen LogP contribution in [0.15, 0.2) is 53.7 Å². The van der Waals surface area contributed by atoms with Gasteiger partial charge in [0.15, 0.2) is 5.16 Å². The second-order valence-electron chi connectivity index (χ2n) is 5.98. The van der Waals surface area contributed by atoms with Gasteiger partial charge in [-0.3, -0.25) is 9.59 Å². The molecule has 10 heteroatoms. The molecule has 3 aromatic rings. The highest BCUT2D eigenvalue weighted by Crippen LogP contribution is 2.23. The number of aromatic nitrogens is 3. The molecule has 0 bridgehead atoms. The molecular formula is C19H17Cl2N5O2S. The van der Waals surface area contributed by atoms with E-state index in [1.54, 1.807) is 60.1 Å². The molecule has 1 heterocycles. The van der Waals surface area contributed by atoms with Gasteiger partial charge in [-0.2, -0.15) is 0 Å². The van der Waals surface area contributed by atoms with Crippen LogP contribution in [0.3, 0.4) is 0 Å². The van der Waals surface area contributed by atoms with E-state index in [1.165, 1.54) is 11.8 Å². The summed E-state index contributed by atoms with van der Waals surface area (Å²) in [5, 5.41) is 15.0. The molecule has 0 aliphatic rings. The van der Waals surface area contributed by atoms with Gasteiger partial charge in [0, 0.05) is 7.05 Å². The molecule has 7 nitrogen and oxygen atoms in total. The second kappa shape index (κ2) is 9.78. The molecule has 0 radical (unpaired) electrons. The highest BCUT2D eigenvalue weighted by molar-refractivity contribution is 7.99. The quantitative estimate of drug-likeness (QED) is 0.531. The van der Waals surface area contributed by atoms with Crippen LogP contribution in [0.25, 0.3) is 0 Å². The molecule has 0 aliphatic carbocycles. The molecule has 0 spiro atoms. The maximum Gasteiger partial charge on any atom is 0.234 e. The van der Waals surface area contributed by atoms with Crippen molar-refractivity contribution in [3.8, 4) is 0 Å². The molecule has 2 aromatic carbocycles. The van der Waals surface area contributed by atoms with Gasteiger partial charge in [-0.1, -0.05) is 59.2 Å². The number of nitrogens with zero attached hydrogens (tertiary/aromatic N) is 3. The number of thioether (sulfide) groups is 1. The molecule has 0 atom stereocenters. The van der Waals surface area contributed by atoms with E-state index >= 15 is 0 Å². The zero-order valence-electron chi connectivity index (χ0n) is 15.4. The van der Waals surface area contributed by atoms with Crippen molar-refractivity contribution in [2.75, 3.05) is 16.4 Å². The molecule has 150 valence electrons. The van der Waals surface area contributed by atoms with Gasteiger partial charge in [-0.15, -0.1) is 10.2 Å². The van der Waals surface area contributed by atoms with Crippen molar-refractivity contribution in [3.05, 3.63) is 64.4 Å². The van der Waals surface area contributed by atoms with E-state index in [-0.39, 0.29) is 24.0 Å². The second-order valence-corrected chi connectivity index (χ2v) is 7.74. The lowest BCUT2D eigenvalue weighted by molar-refractivity contribution is -0.116. The number of nitrogens with one attached hydrogen (secondary N) is 2. The monoisotopic (exact) mass is 449 g/mol. The summed E-state index contributed by atoms with van der Waals surface area (Å²) in [5.41, 5.74) is 1.09.